The Morgan fingerprint density at radius 2 is 1.67 bits per heavy atom. The van der Waals surface area contributed by atoms with Gasteiger partial charge < -0.3 is 14.4 Å². The summed E-state index contributed by atoms with van der Waals surface area (Å²) in [6.45, 7) is 4.04. The number of rotatable bonds is 6. The molecule has 0 aromatic heterocycles. The molecule has 0 saturated carbocycles. The van der Waals surface area contributed by atoms with Crippen LogP contribution >= 0.6 is 0 Å². The molecule has 0 aliphatic carbocycles. The summed E-state index contributed by atoms with van der Waals surface area (Å²) in [6.07, 6.45) is 3.54. The average molecular weight is 366 g/mol. The maximum atomic E-state index is 12.4. The van der Waals surface area contributed by atoms with Crippen molar-refractivity contribution in [3.63, 3.8) is 0 Å². The normalized spacial score (nSPS) is 15.1. The van der Waals surface area contributed by atoms with Crippen molar-refractivity contribution in [1.82, 2.24) is 9.80 Å². The van der Waals surface area contributed by atoms with E-state index in [1.807, 2.05) is 53.4 Å². The van der Waals surface area contributed by atoms with E-state index in [2.05, 4.69) is 11.0 Å². The van der Waals surface area contributed by atoms with E-state index in [1.54, 1.807) is 20.3 Å². The van der Waals surface area contributed by atoms with Crippen molar-refractivity contribution in [3.8, 4) is 11.5 Å². The van der Waals surface area contributed by atoms with Crippen LogP contribution in [-0.4, -0.2) is 56.1 Å². The summed E-state index contributed by atoms with van der Waals surface area (Å²) < 4.78 is 10.7. The molecule has 2 aromatic rings. The third kappa shape index (κ3) is 5.11. The van der Waals surface area contributed by atoms with Gasteiger partial charge in [0.25, 0.3) is 0 Å². The number of carbonyl (C=O) groups is 1. The van der Waals surface area contributed by atoms with E-state index in [1.165, 1.54) is 5.56 Å². The summed E-state index contributed by atoms with van der Waals surface area (Å²) in [5, 5.41) is 0. The van der Waals surface area contributed by atoms with Gasteiger partial charge in [-0.15, -0.1) is 0 Å². The van der Waals surface area contributed by atoms with Crippen molar-refractivity contribution >= 4 is 12.0 Å². The van der Waals surface area contributed by atoms with E-state index in [9.17, 15) is 4.79 Å². The molecule has 1 aliphatic heterocycles. The summed E-state index contributed by atoms with van der Waals surface area (Å²) in [5.41, 5.74) is 2.22. The van der Waals surface area contributed by atoms with Crippen molar-refractivity contribution in [2.24, 2.45) is 0 Å². The van der Waals surface area contributed by atoms with Crippen LogP contribution in [0.15, 0.2) is 54.6 Å². The molecule has 5 heteroatoms. The topological polar surface area (TPSA) is 42.0 Å². The third-order valence-corrected chi connectivity index (χ3v) is 4.76. The molecule has 142 valence electrons. The molecule has 27 heavy (non-hydrogen) atoms. The van der Waals surface area contributed by atoms with Crippen LogP contribution in [0.3, 0.4) is 0 Å². The smallest absolute Gasteiger partial charge is 0.246 e. The number of benzene rings is 2. The van der Waals surface area contributed by atoms with Crippen molar-refractivity contribution < 1.29 is 14.3 Å². The van der Waals surface area contributed by atoms with Crippen molar-refractivity contribution in [1.29, 1.82) is 0 Å². The lowest BCUT2D eigenvalue weighted by Gasteiger charge is -2.34. The molecule has 0 atom stereocenters. The Bertz CT molecular complexity index is 781. The zero-order valence-electron chi connectivity index (χ0n) is 15.9. The van der Waals surface area contributed by atoms with Gasteiger partial charge in [-0.05, 0) is 29.3 Å². The lowest BCUT2D eigenvalue weighted by molar-refractivity contribution is -0.127. The highest BCUT2D eigenvalue weighted by Crippen LogP contribution is 2.28. The minimum Gasteiger partial charge on any atom is -0.493 e. The van der Waals surface area contributed by atoms with Crippen LogP contribution in [0.25, 0.3) is 6.08 Å². The van der Waals surface area contributed by atoms with Crippen molar-refractivity contribution in [2.75, 3.05) is 40.4 Å². The van der Waals surface area contributed by atoms with Gasteiger partial charge in [0.1, 0.15) is 0 Å². The lowest BCUT2D eigenvalue weighted by Crippen LogP contribution is -2.47. The van der Waals surface area contributed by atoms with Crippen molar-refractivity contribution in [3.05, 3.63) is 65.7 Å². The summed E-state index contributed by atoms with van der Waals surface area (Å²) >= 11 is 0. The van der Waals surface area contributed by atoms with E-state index < -0.39 is 0 Å². The first-order valence-corrected chi connectivity index (χ1v) is 9.15. The molecule has 3 rings (SSSR count). The standard InChI is InChI=1S/C22H26N2O3/c1-26-20-10-8-19(16-21(20)27-2)17-23-12-14-24(15-13-23)22(25)11-9-18-6-4-3-5-7-18/h3-11,16H,12-15,17H2,1-2H3/b11-9+. The summed E-state index contributed by atoms with van der Waals surface area (Å²) in [4.78, 5) is 16.6. The number of hydrogen-bond donors (Lipinski definition) is 0. The Kier molecular flexibility index (Phi) is 6.49. The van der Waals surface area contributed by atoms with Gasteiger partial charge in [-0.2, -0.15) is 0 Å². The van der Waals surface area contributed by atoms with Gasteiger partial charge in [0, 0.05) is 38.8 Å². The molecule has 0 unspecified atom stereocenters. The second-order valence-corrected chi connectivity index (χ2v) is 6.53. The first-order chi connectivity index (χ1) is 13.2. The van der Waals surface area contributed by atoms with E-state index in [4.69, 9.17) is 9.47 Å². The monoisotopic (exact) mass is 366 g/mol. The number of piperazine rings is 1. The van der Waals surface area contributed by atoms with Gasteiger partial charge in [-0.25, -0.2) is 0 Å². The maximum absolute atomic E-state index is 12.4. The van der Waals surface area contributed by atoms with Gasteiger partial charge in [-0.3, -0.25) is 9.69 Å². The van der Waals surface area contributed by atoms with Crippen LogP contribution in [-0.2, 0) is 11.3 Å². The number of ether oxygens (including phenoxy) is 2. The number of carbonyl (C=O) groups excluding carboxylic acids is 1. The molecule has 1 aliphatic rings. The Balaban J connectivity index is 1.51. The quantitative estimate of drug-likeness (QED) is 0.737. The number of amides is 1. The molecular formula is C22H26N2O3. The minimum absolute atomic E-state index is 0.0737. The van der Waals surface area contributed by atoms with E-state index in [0.717, 1.165) is 49.8 Å². The number of methoxy groups -OCH3 is 2. The highest BCUT2D eigenvalue weighted by atomic mass is 16.5. The van der Waals surface area contributed by atoms with E-state index in [-0.39, 0.29) is 5.91 Å². The minimum atomic E-state index is 0.0737. The van der Waals surface area contributed by atoms with E-state index in [0.29, 0.717) is 0 Å². The van der Waals surface area contributed by atoms with Crippen LogP contribution in [0.5, 0.6) is 11.5 Å². The molecule has 5 nitrogen and oxygen atoms in total. The number of hydrogen-bond acceptors (Lipinski definition) is 4. The van der Waals surface area contributed by atoms with Gasteiger partial charge in [0.2, 0.25) is 5.91 Å². The van der Waals surface area contributed by atoms with Gasteiger partial charge >= 0.3 is 0 Å². The Labute approximate surface area is 160 Å². The molecule has 1 heterocycles. The Hall–Kier alpha value is -2.79. The summed E-state index contributed by atoms with van der Waals surface area (Å²) in [5.74, 6) is 1.56. The zero-order valence-corrected chi connectivity index (χ0v) is 15.9. The highest BCUT2D eigenvalue weighted by Gasteiger charge is 2.20. The largest absolute Gasteiger partial charge is 0.493 e. The predicted octanol–water partition coefficient (Wildman–Crippen LogP) is 3.06. The SMILES string of the molecule is COc1ccc(CN2CCN(C(=O)/C=C/c3ccccc3)CC2)cc1OC. The van der Waals surface area contributed by atoms with Gasteiger partial charge in [0.15, 0.2) is 11.5 Å². The first kappa shape index (κ1) is 19.0. The maximum Gasteiger partial charge on any atom is 0.246 e. The average Bonchev–Trinajstić information content (AvgIpc) is 2.73. The van der Waals surface area contributed by atoms with Crippen LogP contribution < -0.4 is 9.47 Å². The van der Waals surface area contributed by atoms with Crippen molar-refractivity contribution in [2.45, 2.75) is 6.54 Å². The molecule has 2 aromatic carbocycles. The van der Waals surface area contributed by atoms with E-state index >= 15 is 0 Å². The number of nitrogens with zero attached hydrogens (tertiary/aromatic N) is 2. The van der Waals surface area contributed by atoms with Crippen LogP contribution in [0, 0.1) is 0 Å². The Morgan fingerprint density at radius 1 is 0.963 bits per heavy atom. The van der Waals surface area contributed by atoms with Crippen LogP contribution in [0.1, 0.15) is 11.1 Å². The fourth-order valence-electron chi connectivity index (χ4n) is 3.20. The van der Waals surface area contributed by atoms with Crippen LogP contribution in [0.2, 0.25) is 0 Å². The summed E-state index contributed by atoms with van der Waals surface area (Å²) in [7, 11) is 3.29. The second-order valence-electron chi connectivity index (χ2n) is 6.53. The molecule has 1 fully saturated rings. The fraction of sp³-hybridized carbons (Fsp3) is 0.318. The predicted molar refractivity (Wildman–Crippen MR) is 107 cm³/mol. The molecule has 0 N–H and O–H groups in total. The molecule has 0 radical (unpaired) electrons. The fourth-order valence-corrected chi connectivity index (χ4v) is 3.20. The third-order valence-electron chi connectivity index (χ3n) is 4.76. The lowest BCUT2D eigenvalue weighted by atomic mass is 10.1. The Morgan fingerprint density at radius 3 is 2.33 bits per heavy atom. The highest BCUT2D eigenvalue weighted by molar-refractivity contribution is 5.91. The molecule has 0 bridgehead atoms. The molecule has 0 spiro atoms. The molecule has 1 saturated heterocycles. The zero-order chi connectivity index (χ0) is 19.1. The summed E-state index contributed by atoms with van der Waals surface area (Å²) in [6, 6.07) is 15.9. The molecule has 1 amide bonds. The second kappa shape index (κ2) is 9.24. The first-order valence-electron chi connectivity index (χ1n) is 9.15. The van der Waals surface area contributed by atoms with Crippen LogP contribution in [0.4, 0.5) is 0 Å². The van der Waals surface area contributed by atoms with Gasteiger partial charge in [-0.1, -0.05) is 36.4 Å². The van der Waals surface area contributed by atoms with Gasteiger partial charge in [0.05, 0.1) is 14.2 Å². The molecular weight excluding hydrogens is 340 g/mol.